The summed E-state index contributed by atoms with van der Waals surface area (Å²) in [5.74, 6) is -0.169. The molecule has 0 fully saturated rings. The Balaban J connectivity index is 1.78. The van der Waals surface area contributed by atoms with Crippen LogP contribution in [0.5, 0.6) is 0 Å². The van der Waals surface area contributed by atoms with Crippen molar-refractivity contribution in [1.82, 2.24) is 19.9 Å². The molecular weight excluding hydrogens is 371 g/mol. The molecule has 28 heavy (non-hydrogen) atoms. The molecule has 1 aromatic carbocycles. The number of benzene rings is 1. The lowest BCUT2D eigenvalue weighted by Gasteiger charge is -2.10. The summed E-state index contributed by atoms with van der Waals surface area (Å²) in [5.41, 5.74) is -0.399. The summed E-state index contributed by atoms with van der Waals surface area (Å²) in [6.45, 7) is 0. The molecule has 0 saturated carbocycles. The van der Waals surface area contributed by atoms with Crippen molar-refractivity contribution in [1.29, 1.82) is 0 Å². The van der Waals surface area contributed by atoms with Crippen LogP contribution in [0.25, 0.3) is 22.6 Å². The number of carbonyl (C=O) groups excluding carboxylic acids is 1. The van der Waals surface area contributed by atoms with Crippen LogP contribution in [-0.4, -0.2) is 25.8 Å². The van der Waals surface area contributed by atoms with E-state index < -0.39 is 17.6 Å². The van der Waals surface area contributed by atoms with Crippen LogP contribution in [0.15, 0.2) is 60.9 Å². The monoisotopic (exact) mass is 383 g/mol. The largest absolute Gasteiger partial charge is 0.417 e. The Hall–Kier alpha value is -3.75. The topological polar surface area (TPSA) is 83.6 Å². The number of alkyl halides is 3. The third kappa shape index (κ3) is 3.29. The fourth-order valence-corrected chi connectivity index (χ4v) is 2.78. The first-order valence-corrected chi connectivity index (χ1v) is 8.17. The molecule has 1 amide bonds. The molecule has 0 saturated heterocycles. The highest BCUT2D eigenvalue weighted by atomic mass is 19.4. The SMILES string of the molecule is O=C(Nc1ccccn1)c1ccnc2[nH]c(-c3ccccc3C(F)(F)F)nc12. The maximum absolute atomic E-state index is 13.3. The van der Waals surface area contributed by atoms with Crippen molar-refractivity contribution in [2.75, 3.05) is 5.32 Å². The summed E-state index contributed by atoms with van der Waals surface area (Å²) >= 11 is 0. The van der Waals surface area contributed by atoms with Crippen molar-refractivity contribution in [3.63, 3.8) is 0 Å². The molecule has 0 spiro atoms. The quantitative estimate of drug-likeness (QED) is 0.553. The standard InChI is InChI=1S/C19H12F3N5O/c20-19(21,22)13-6-2-1-5-11(13)16-26-15-12(8-10-24-17(15)27-16)18(28)25-14-7-3-4-9-23-14/h1-10H,(H,23,25,28)(H,24,26,27). The van der Waals surface area contributed by atoms with Gasteiger partial charge in [-0.05, 0) is 24.3 Å². The highest BCUT2D eigenvalue weighted by molar-refractivity contribution is 6.10. The lowest BCUT2D eigenvalue weighted by molar-refractivity contribution is -0.137. The van der Waals surface area contributed by atoms with Crippen LogP contribution in [-0.2, 0) is 6.18 Å². The Morgan fingerprint density at radius 1 is 0.964 bits per heavy atom. The Morgan fingerprint density at radius 3 is 2.50 bits per heavy atom. The number of nitrogens with one attached hydrogen (secondary N) is 2. The number of aromatic nitrogens is 4. The smallest absolute Gasteiger partial charge is 0.323 e. The van der Waals surface area contributed by atoms with E-state index in [0.717, 1.165) is 6.07 Å². The number of hydrogen-bond acceptors (Lipinski definition) is 4. The van der Waals surface area contributed by atoms with Crippen molar-refractivity contribution in [3.8, 4) is 11.4 Å². The molecule has 0 aliphatic carbocycles. The van der Waals surface area contributed by atoms with Gasteiger partial charge in [-0.2, -0.15) is 13.2 Å². The van der Waals surface area contributed by atoms with Crippen molar-refractivity contribution in [2.24, 2.45) is 0 Å². The lowest BCUT2D eigenvalue weighted by Crippen LogP contribution is -2.13. The predicted octanol–water partition coefficient (Wildman–Crippen LogP) is 4.29. The van der Waals surface area contributed by atoms with E-state index in [4.69, 9.17) is 0 Å². The van der Waals surface area contributed by atoms with E-state index in [1.165, 1.54) is 36.7 Å². The first-order valence-electron chi connectivity index (χ1n) is 8.17. The summed E-state index contributed by atoms with van der Waals surface area (Å²) in [4.78, 5) is 27.7. The van der Waals surface area contributed by atoms with Crippen molar-refractivity contribution >= 4 is 22.9 Å². The van der Waals surface area contributed by atoms with Gasteiger partial charge >= 0.3 is 6.18 Å². The Morgan fingerprint density at radius 2 is 1.75 bits per heavy atom. The zero-order chi connectivity index (χ0) is 19.7. The molecule has 4 rings (SSSR count). The second-order valence-electron chi connectivity index (χ2n) is 5.85. The van der Waals surface area contributed by atoms with Crippen LogP contribution in [0.1, 0.15) is 15.9 Å². The van der Waals surface area contributed by atoms with E-state index in [1.807, 2.05) is 0 Å². The minimum absolute atomic E-state index is 0.0199. The number of halogens is 3. The van der Waals surface area contributed by atoms with Crippen molar-refractivity contribution in [3.05, 3.63) is 72.1 Å². The number of rotatable bonds is 3. The minimum atomic E-state index is -4.54. The molecule has 0 bridgehead atoms. The number of nitrogens with zero attached hydrogens (tertiary/aromatic N) is 3. The van der Waals surface area contributed by atoms with Gasteiger partial charge in [0.05, 0.1) is 11.1 Å². The van der Waals surface area contributed by atoms with Gasteiger partial charge in [0.15, 0.2) is 5.65 Å². The third-order valence-corrected chi connectivity index (χ3v) is 4.02. The van der Waals surface area contributed by atoms with E-state index in [2.05, 4.69) is 25.3 Å². The lowest BCUT2D eigenvalue weighted by atomic mass is 10.1. The molecule has 140 valence electrons. The number of anilines is 1. The molecule has 3 aromatic heterocycles. The normalized spacial score (nSPS) is 11.5. The minimum Gasteiger partial charge on any atom is -0.323 e. The Labute approximate surface area is 156 Å². The Kier molecular flexibility index (Phi) is 4.26. The van der Waals surface area contributed by atoms with Gasteiger partial charge in [-0.1, -0.05) is 24.3 Å². The molecule has 3 heterocycles. The van der Waals surface area contributed by atoms with Gasteiger partial charge in [0.1, 0.15) is 17.2 Å². The Bertz CT molecular complexity index is 1160. The number of amides is 1. The second kappa shape index (κ2) is 6.76. The summed E-state index contributed by atoms with van der Waals surface area (Å²) in [6, 6.07) is 11.6. The number of imidazole rings is 1. The maximum atomic E-state index is 13.3. The van der Waals surface area contributed by atoms with Gasteiger partial charge in [0, 0.05) is 18.0 Å². The average Bonchev–Trinajstić information content (AvgIpc) is 3.12. The van der Waals surface area contributed by atoms with Crippen LogP contribution in [0.3, 0.4) is 0 Å². The van der Waals surface area contributed by atoms with E-state index in [9.17, 15) is 18.0 Å². The molecule has 0 atom stereocenters. The summed E-state index contributed by atoms with van der Waals surface area (Å²) < 4.78 is 39.9. The molecule has 0 unspecified atom stereocenters. The van der Waals surface area contributed by atoms with E-state index >= 15 is 0 Å². The van der Waals surface area contributed by atoms with Gasteiger partial charge in [0.2, 0.25) is 0 Å². The fourth-order valence-electron chi connectivity index (χ4n) is 2.78. The molecular formula is C19H12F3N5O. The van der Waals surface area contributed by atoms with Crippen molar-refractivity contribution < 1.29 is 18.0 Å². The number of aromatic amines is 1. The molecule has 4 aromatic rings. The number of fused-ring (bicyclic) bond motifs is 1. The van der Waals surface area contributed by atoms with Crippen LogP contribution in [0.2, 0.25) is 0 Å². The molecule has 0 aliphatic heterocycles. The van der Waals surface area contributed by atoms with E-state index in [1.54, 1.807) is 18.2 Å². The second-order valence-corrected chi connectivity index (χ2v) is 5.85. The first kappa shape index (κ1) is 17.7. The molecule has 2 N–H and O–H groups in total. The average molecular weight is 383 g/mol. The number of carbonyl (C=O) groups is 1. The van der Waals surface area contributed by atoms with Crippen LogP contribution >= 0.6 is 0 Å². The highest BCUT2D eigenvalue weighted by Gasteiger charge is 2.34. The van der Waals surface area contributed by atoms with Gasteiger partial charge in [-0.3, -0.25) is 4.79 Å². The number of pyridine rings is 2. The van der Waals surface area contributed by atoms with Gasteiger partial charge < -0.3 is 10.3 Å². The van der Waals surface area contributed by atoms with Gasteiger partial charge in [-0.15, -0.1) is 0 Å². The maximum Gasteiger partial charge on any atom is 0.417 e. The molecule has 0 radical (unpaired) electrons. The number of hydrogen-bond donors (Lipinski definition) is 2. The fraction of sp³-hybridized carbons (Fsp3) is 0.0526. The summed E-state index contributed by atoms with van der Waals surface area (Å²) in [7, 11) is 0. The van der Waals surface area contributed by atoms with Crippen LogP contribution < -0.4 is 5.32 Å². The van der Waals surface area contributed by atoms with Gasteiger partial charge in [0.25, 0.3) is 5.91 Å². The molecule has 6 nitrogen and oxygen atoms in total. The summed E-state index contributed by atoms with van der Waals surface area (Å²) in [6.07, 6.45) is -1.63. The zero-order valence-corrected chi connectivity index (χ0v) is 14.2. The molecule has 9 heteroatoms. The van der Waals surface area contributed by atoms with Crippen molar-refractivity contribution in [2.45, 2.75) is 6.18 Å². The third-order valence-electron chi connectivity index (χ3n) is 4.02. The summed E-state index contributed by atoms with van der Waals surface area (Å²) in [5, 5.41) is 2.62. The van der Waals surface area contributed by atoms with Gasteiger partial charge in [-0.25, -0.2) is 15.0 Å². The van der Waals surface area contributed by atoms with Crippen LogP contribution in [0.4, 0.5) is 19.0 Å². The predicted molar refractivity (Wildman–Crippen MR) is 96.5 cm³/mol. The first-order chi connectivity index (χ1) is 13.4. The molecule has 0 aliphatic rings. The highest BCUT2D eigenvalue weighted by Crippen LogP contribution is 2.36. The zero-order valence-electron chi connectivity index (χ0n) is 14.2. The van der Waals surface area contributed by atoms with Crippen LogP contribution in [0, 0.1) is 0 Å². The van der Waals surface area contributed by atoms with E-state index in [0.29, 0.717) is 5.82 Å². The number of H-pyrrole nitrogens is 1. The van der Waals surface area contributed by atoms with E-state index in [-0.39, 0.29) is 28.1 Å².